The van der Waals surface area contributed by atoms with Crippen LogP contribution in [0.25, 0.3) is 116 Å². The molecule has 0 aliphatic carbocycles. The van der Waals surface area contributed by atoms with E-state index >= 15 is 0 Å². The highest BCUT2D eigenvalue weighted by atomic mass is 79.9. The van der Waals surface area contributed by atoms with E-state index < -0.39 is 0 Å². The Morgan fingerprint density at radius 2 is 1.07 bits per heavy atom. The van der Waals surface area contributed by atoms with Crippen molar-refractivity contribution >= 4 is 91.9 Å². The van der Waals surface area contributed by atoms with Gasteiger partial charge in [0.15, 0.2) is 0 Å². The van der Waals surface area contributed by atoms with E-state index in [1.165, 1.54) is 21.5 Å². The van der Waals surface area contributed by atoms with Crippen LogP contribution >= 0.6 is 15.9 Å². The number of hydrogen-bond acceptors (Lipinski definition) is 3. The highest BCUT2D eigenvalue weighted by molar-refractivity contribution is 9.10. The van der Waals surface area contributed by atoms with E-state index in [0.717, 1.165) is 92.6 Å². The standard InChI is InChI=1S/C52H30BrN3O/c53-49-43-30-36(24-27-47(43)57-51(49)41-18-9-14-32-11-3-5-15-38(32)41)35-23-26-46-42(29-35)40-17-7-8-19-45(40)56(46)52-54-44-25-22-33-12-4-6-16-39(33)48(44)50(55-52)37-21-20-31-10-1-2-13-34(31)28-37/h1-30H. The Morgan fingerprint density at radius 1 is 0.439 bits per heavy atom. The van der Waals surface area contributed by atoms with Gasteiger partial charge in [-0.05, 0) is 102 Å². The van der Waals surface area contributed by atoms with E-state index in [0.29, 0.717) is 5.95 Å². The van der Waals surface area contributed by atoms with Crippen LogP contribution in [0.15, 0.2) is 191 Å². The van der Waals surface area contributed by atoms with Crippen molar-refractivity contribution in [2.45, 2.75) is 0 Å². The van der Waals surface area contributed by atoms with Crippen LogP contribution in [0.5, 0.6) is 0 Å². The fourth-order valence-electron chi connectivity index (χ4n) is 8.75. The van der Waals surface area contributed by atoms with Crippen molar-refractivity contribution < 1.29 is 4.42 Å². The summed E-state index contributed by atoms with van der Waals surface area (Å²) in [5, 5.41) is 11.4. The molecule has 5 heteroatoms. The highest BCUT2D eigenvalue weighted by Crippen LogP contribution is 2.43. The van der Waals surface area contributed by atoms with E-state index in [1.807, 2.05) is 0 Å². The van der Waals surface area contributed by atoms with Crippen LogP contribution in [-0.2, 0) is 0 Å². The topological polar surface area (TPSA) is 43.9 Å². The fourth-order valence-corrected chi connectivity index (χ4v) is 9.35. The minimum absolute atomic E-state index is 0.643. The Labute approximate surface area is 335 Å². The minimum atomic E-state index is 0.643. The number of para-hydroxylation sites is 1. The molecule has 0 saturated heterocycles. The number of halogens is 1. The maximum Gasteiger partial charge on any atom is 0.235 e. The molecule has 9 aromatic carbocycles. The normalized spacial score (nSPS) is 11.9. The first-order valence-electron chi connectivity index (χ1n) is 19.1. The first-order chi connectivity index (χ1) is 28.2. The molecule has 266 valence electrons. The summed E-state index contributed by atoms with van der Waals surface area (Å²) in [5.41, 5.74) is 9.14. The summed E-state index contributed by atoms with van der Waals surface area (Å²) < 4.78 is 9.69. The predicted molar refractivity (Wildman–Crippen MR) is 240 cm³/mol. The maximum absolute atomic E-state index is 6.52. The molecule has 0 aliphatic heterocycles. The summed E-state index contributed by atoms with van der Waals surface area (Å²) in [7, 11) is 0. The van der Waals surface area contributed by atoms with Gasteiger partial charge in [0, 0.05) is 32.7 Å². The lowest BCUT2D eigenvalue weighted by Gasteiger charge is -2.14. The van der Waals surface area contributed by atoms with E-state index in [1.54, 1.807) is 0 Å². The molecule has 0 unspecified atom stereocenters. The number of nitrogens with zero attached hydrogens (tertiary/aromatic N) is 3. The monoisotopic (exact) mass is 791 g/mol. The lowest BCUT2D eigenvalue weighted by molar-refractivity contribution is 0.630. The third-order valence-electron chi connectivity index (χ3n) is 11.5. The Bertz CT molecular complexity index is 3610. The molecular weight excluding hydrogens is 762 g/mol. The van der Waals surface area contributed by atoms with E-state index in [2.05, 4.69) is 202 Å². The Morgan fingerprint density at radius 3 is 1.93 bits per heavy atom. The fraction of sp³-hybridized carbons (Fsp3) is 0. The third-order valence-corrected chi connectivity index (χ3v) is 12.3. The zero-order chi connectivity index (χ0) is 37.6. The van der Waals surface area contributed by atoms with Gasteiger partial charge in [0.1, 0.15) is 11.3 Å². The first kappa shape index (κ1) is 32.2. The summed E-state index contributed by atoms with van der Waals surface area (Å²) in [6, 6.07) is 64.5. The van der Waals surface area contributed by atoms with Gasteiger partial charge in [-0.15, -0.1) is 0 Å². The molecule has 12 aromatic rings. The lowest BCUT2D eigenvalue weighted by Crippen LogP contribution is -2.03. The zero-order valence-electron chi connectivity index (χ0n) is 30.4. The van der Waals surface area contributed by atoms with Crippen LogP contribution in [0.3, 0.4) is 0 Å². The zero-order valence-corrected chi connectivity index (χ0v) is 32.0. The average molecular weight is 793 g/mol. The summed E-state index contributed by atoms with van der Waals surface area (Å²) in [6.07, 6.45) is 0. The number of furan rings is 1. The van der Waals surface area contributed by atoms with E-state index in [-0.39, 0.29) is 0 Å². The van der Waals surface area contributed by atoms with Gasteiger partial charge in [-0.25, -0.2) is 9.97 Å². The van der Waals surface area contributed by atoms with Gasteiger partial charge in [-0.1, -0.05) is 140 Å². The van der Waals surface area contributed by atoms with Crippen molar-refractivity contribution in [1.82, 2.24) is 14.5 Å². The molecule has 0 bridgehead atoms. The minimum Gasteiger partial charge on any atom is -0.455 e. The third kappa shape index (κ3) is 4.99. The van der Waals surface area contributed by atoms with Gasteiger partial charge in [-0.3, -0.25) is 4.57 Å². The van der Waals surface area contributed by atoms with E-state index in [4.69, 9.17) is 14.4 Å². The molecule has 3 aromatic heterocycles. The van der Waals surface area contributed by atoms with Crippen molar-refractivity contribution in [3.8, 4) is 39.7 Å². The van der Waals surface area contributed by atoms with Gasteiger partial charge in [0.05, 0.1) is 26.7 Å². The molecule has 0 N–H and O–H groups in total. The van der Waals surface area contributed by atoms with Crippen LogP contribution < -0.4 is 0 Å². The second kappa shape index (κ2) is 12.5. The number of benzene rings is 9. The molecule has 0 saturated carbocycles. The van der Waals surface area contributed by atoms with Crippen LogP contribution in [0.2, 0.25) is 0 Å². The number of aromatic nitrogens is 3. The van der Waals surface area contributed by atoms with Crippen molar-refractivity contribution in [2.24, 2.45) is 0 Å². The van der Waals surface area contributed by atoms with Crippen molar-refractivity contribution in [1.29, 1.82) is 0 Å². The van der Waals surface area contributed by atoms with Crippen LogP contribution in [0.4, 0.5) is 0 Å². The molecule has 0 fully saturated rings. The summed E-state index contributed by atoms with van der Waals surface area (Å²) in [4.78, 5) is 10.8. The van der Waals surface area contributed by atoms with Crippen LogP contribution in [0.1, 0.15) is 0 Å². The van der Waals surface area contributed by atoms with Crippen molar-refractivity contribution in [3.05, 3.63) is 186 Å². The van der Waals surface area contributed by atoms with Crippen LogP contribution in [0, 0.1) is 0 Å². The highest BCUT2D eigenvalue weighted by Gasteiger charge is 2.21. The van der Waals surface area contributed by atoms with E-state index in [9.17, 15) is 0 Å². The SMILES string of the molecule is Brc1c(-c2cccc3ccccc23)oc2ccc(-c3ccc4c(c3)c3ccccc3n4-c3nc(-c4ccc5ccccc5c4)c4c(ccc5ccccc54)n3)cc12. The molecular formula is C52H30BrN3O. The smallest absolute Gasteiger partial charge is 0.235 e. The molecule has 3 heterocycles. The molecule has 4 nitrogen and oxygen atoms in total. The Kier molecular flexibility index (Phi) is 7.04. The van der Waals surface area contributed by atoms with Crippen molar-refractivity contribution in [2.75, 3.05) is 0 Å². The van der Waals surface area contributed by atoms with Gasteiger partial charge in [-0.2, -0.15) is 0 Å². The van der Waals surface area contributed by atoms with Gasteiger partial charge >= 0.3 is 0 Å². The molecule has 0 spiro atoms. The average Bonchev–Trinajstić information content (AvgIpc) is 3.79. The molecule has 0 aliphatic rings. The molecule has 0 amide bonds. The summed E-state index contributed by atoms with van der Waals surface area (Å²) in [5.74, 6) is 1.48. The second-order valence-corrected chi connectivity index (χ2v) is 15.5. The van der Waals surface area contributed by atoms with Gasteiger partial charge in [0.2, 0.25) is 5.95 Å². The first-order valence-corrected chi connectivity index (χ1v) is 19.9. The largest absolute Gasteiger partial charge is 0.455 e. The lowest BCUT2D eigenvalue weighted by atomic mass is 9.98. The number of hydrogen-bond donors (Lipinski definition) is 0. The molecule has 12 rings (SSSR count). The Balaban J connectivity index is 1.04. The summed E-state index contributed by atoms with van der Waals surface area (Å²) in [6.45, 7) is 0. The quantitative estimate of drug-likeness (QED) is 0.167. The van der Waals surface area contributed by atoms with Crippen molar-refractivity contribution in [3.63, 3.8) is 0 Å². The number of rotatable bonds is 4. The maximum atomic E-state index is 6.52. The molecule has 0 atom stereocenters. The van der Waals surface area contributed by atoms with Gasteiger partial charge < -0.3 is 4.42 Å². The van der Waals surface area contributed by atoms with Crippen LogP contribution in [-0.4, -0.2) is 14.5 Å². The number of fused-ring (bicyclic) bond motifs is 9. The molecule has 0 radical (unpaired) electrons. The second-order valence-electron chi connectivity index (χ2n) is 14.7. The van der Waals surface area contributed by atoms with Gasteiger partial charge in [0.25, 0.3) is 0 Å². The predicted octanol–water partition coefficient (Wildman–Crippen LogP) is 14.7. The Hall–Kier alpha value is -7.08. The summed E-state index contributed by atoms with van der Waals surface area (Å²) >= 11 is 3.94. The molecule has 57 heavy (non-hydrogen) atoms.